The molecule has 3 rings (SSSR count). The molecule has 1 fully saturated rings. The van der Waals surface area contributed by atoms with E-state index >= 15 is 0 Å². The van der Waals surface area contributed by atoms with Gasteiger partial charge in [0.2, 0.25) is 0 Å². The molecule has 2 heterocycles. The van der Waals surface area contributed by atoms with Crippen LogP contribution in [0.25, 0.3) is 11.3 Å². The Morgan fingerprint density at radius 2 is 2.35 bits per heavy atom. The standard InChI is InChI=1S/C13H13BrN2O/c14-11-3-1-2-9(6-11)12-8-16-13(17-12)10-4-5-15-7-10/h1-3,6,8,10,15H,4-5,7H2. The molecule has 1 aliphatic heterocycles. The maximum atomic E-state index is 5.84. The quantitative estimate of drug-likeness (QED) is 0.924. The van der Waals surface area contributed by atoms with E-state index in [0.29, 0.717) is 5.92 Å². The maximum absolute atomic E-state index is 5.84. The molecule has 0 aliphatic carbocycles. The van der Waals surface area contributed by atoms with E-state index in [0.717, 1.165) is 41.2 Å². The molecule has 1 aromatic heterocycles. The highest BCUT2D eigenvalue weighted by atomic mass is 79.9. The Balaban J connectivity index is 1.89. The molecule has 1 aromatic carbocycles. The molecule has 1 aliphatic rings. The number of rotatable bonds is 2. The van der Waals surface area contributed by atoms with E-state index in [1.165, 1.54) is 0 Å². The third-order valence-corrected chi connectivity index (χ3v) is 3.54. The second-order valence-electron chi connectivity index (χ2n) is 4.26. The smallest absolute Gasteiger partial charge is 0.199 e. The molecule has 0 spiro atoms. The normalized spacial score (nSPS) is 19.7. The molecular weight excluding hydrogens is 280 g/mol. The largest absolute Gasteiger partial charge is 0.440 e. The summed E-state index contributed by atoms with van der Waals surface area (Å²) >= 11 is 3.46. The number of hydrogen-bond donors (Lipinski definition) is 1. The predicted octanol–water partition coefficient (Wildman–Crippen LogP) is 3.18. The Kier molecular flexibility index (Phi) is 2.99. The summed E-state index contributed by atoms with van der Waals surface area (Å²) in [6, 6.07) is 8.07. The molecule has 1 atom stereocenters. The summed E-state index contributed by atoms with van der Waals surface area (Å²) in [4.78, 5) is 4.38. The Morgan fingerprint density at radius 1 is 1.41 bits per heavy atom. The van der Waals surface area contributed by atoms with E-state index < -0.39 is 0 Å². The Bertz CT molecular complexity index is 518. The van der Waals surface area contributed by atoms with Crippen molar-refractivity contribution in [3.05, 3.63) is 40.8 Å². The van der Waals surface area contributed by atoms with Crippen LogP contribution in [0.5, 0.6) is 0 Å². The molecule has 2 aromatic rings. The minimum atomic E-state index is 0.427. The lowest BCUT2D eigenvalue weighted by Crippen LogP contribution is -2.07. The molecule has 1 unspecified atom stereocenters. The first kappa shape index (κ1) is 11.0. The predicted molar refractivity (Wildman–Crippen MR) is 69.9 cm³/mol. The Labute approximate surface area is 108 Å². The molecule has 4 heteroatoms. The lowest BCUT2D eigenvalue weighted by Gasteiger charge is -2.01. The lowest BCUT2D eigenvalue weighted by molar-refractivity contribution is 0.467. The maximum Gasteiger partial charge on any atom is 0.199 e. The fourth-order valence-corrected chi connectivity index (χ4v) is 2.52. The Hall–Kier alpha value is -1.13. The van der Waals surface area contributed by atoms with Gasteiger partial charge in [-0.05, 0) is 25.1 Å². The minimum Gasteiger partial charge on any atom is -0.440 e. The summed E-state index contributed by atoms with van der Waals surface area (Å²) in [5.41, 5.74) is 1.06. The van der Waals surface area contributed by atoms with E-state index in [2.05, 4.69) is 26.2 Å². The third-order valence-electron chi connectivity index (χ3n) is 3.04. The summed E-state index contributed by atoms with van der Waals surface area (Å²) in [7, 11) is 0. The van der Waals surface area contributed by atoms with Crippen LogP contribution in [0.4, 0.5) is 0 Å². The average molecular weight is 293 g/mol. The highest BCUT2D eigenvalue weighted by Crippen LogP contribution is 2.28. The first-order chi connectivity index (χ1) is 8.33. The molecule has 17 heavy (non-hydrogen) atoms. The van der Waals surface area contributed by atoms with Gasteiger partial charge in [-0.15, -0.1) is 0 Å². The van der Waals surface area contributed by atoms with Crippen LogP contribution in [-0.2, 0) is 0 Å². The second-order valence-corrected chi connectivity index (χ2v) is 5.18. The zero-order chi connectivity index (χ0) is 11.7. The molecule has 1 saturated heterocycles. The average Bonchev–Trinajstić information content (AvgIpc) is 3.00. The SMILES string of the molecule is Brc1cccc(-c2cnc(C3CCNC3)o2)c1. The van der Waals surface area contributed by atoms with Crippen LogP contribution >= 0.6 is 15.9 Å². The topological polar surface area (TPSA) is 38.1 Å². The zero-order valence-electron chi connectivity index (χ0n) is 9.32. The molecule has 0 radical (unpaired) electrons. The summed E-state index contributed by atoms with van der Waals surface area (Å²) in [6.07, 6.45) is 2.92. The van der Waals surface area contributed by atoms with Crippen molar-refractivity contribution in [1.82, 2.24) is 10.3 Å². The van der Waals surface area contributed by atoms with E-state index in [1.54, 1.807) is 0 Å². The van der Waals surface area contributed by atoms with Gasteiger partial charge in [-0.1, -0.05) is 28.1 Å². The zero-order valence-corrected chi connectivity index (χ0v) is 10.9. The van der Waals surface area contributed by atoms with Gasteiger partial charge in [0.15, 0.2) is 11.7 Å². The number of aromatic nitrogens is 1. The number of nitrogens with zero attached hydrogens (tertiary/aromatic N) is 1. The van der Waals surface area contributed by atoms with Crippen molar-refractivity contribution < 1.29 is 4.42 Å². The summed E-state index contributed by atoms with van der Waals surface area (Å²) in [5, 5.41) is 3.32. The van der Waals surface area contributed by atoms with Gasteiger partial charge in [0.1, 0.15) is 0 Å². The summed E-state index contributed by atoms with van der Waals surface area (Å²) in [6.45, 7) is 2.03. The number of oxazole rings is 1. The van der Waals surface area contributed by atoms with Gasteiger partial charge in [0.25, 0.3) is 0 Å². The highest BCUT2D eigenvalue weighted by molar-refractivity contribution is 9.10. The molecule has 0 amide bonds. The molecular formula is C13H13BrN2O. The van der Waals surface area contributed by atoms with Gasteiger partial charge >= 0.3 is 0 Å². The van der Waals surface area contributed by atoms with E-state index in [-0.39, 0.29) is 0 Å². The van der Waals surface area contributed by atoms with E-state index in [9.17, 15) is 0 Å². The van der Waals surface area contributed by atoms with Crippen LogP contribution in [0.1, 0.15) is 18.2 Å². The van der Waals surface area contributed by atoms with Gasteiger partial charge in [0.05, 0.1) is 6.20 Å². The van der Waals surface area contributed by atoms with Gasteiger partial charge < -0.3 is 9.73 Å². The molecule has 0 bridgehead atoms. The number of hydrogen-bond acceptors (Lipinski definition) is 3. The van der Waals surface area contributed by atoms with Crippen molar-refractivity contribution in [2.45, 2.75) is 12.3 Å². The molecule has 0 saturated carbocycles. The van der Waals surface area contributed by atoms with Crippen LogP contribution in [0.2, 0.25) is 0 Å². The van der Waals surface area contributed by atoms with Crippen LogP contribution in [-0.4, -0.2) is 18.1 Å². The van der Waals surface area contributed by atoms with Gasteiger partial charge in [0, 0.05) is 22.5 Å². The van der Waals surface area contributed by atoms with Gasteiger partial charge in [-0.25, -0.2) is 4.98 Å². The number of benzene rings is 1. The van der Waals surface area contributed by atoms with E-state index in [4.69, 9.17) is 4.42 Å². The second kappa shape index (κ2) is 4.63. The first-order valence-corrected chi connectivity index (χ1v) is 6.54. The van der Waals surface area contributed by atoms with E-state index in [1.807, 2.05) is 30.5 Å². The van der Waals surface area contributed by atoms with Crippen LogP contribution in [0.15, 0.2) is 39.4 Å². The monoisotopic (exact) mass is 292 g/mol. The van der Waals surface area contributed by atoms with Crippen LogP contribution in [0.3, 0.4) is 0 Å². The Morgan fingerprint density at radius 3 is 3.12 bits per heavy atom. The molecule has 3 nitrogen and oxygen atoms in total. The first-order valence-electron chi connectivity index (χ1n) is 5.75. The summed E-state index contributed by atoms with van der Waals surface area (Å²) in [5.74, 6) is 2.12. The fraction of sp³-hybridized carbons (Fsp3) is 0.308. The van der Waals surface area contributed by atoms with Crippen molar-refractivity contribution >= 4 is 15.9 Å². The highest BCUT2D eigenvalue weighted by Gasteiger charge is 2.21. The van der Waals surface area contributed by atoms with Crippen LogP contribution in [0, 0.1) is 0 Å². The number of halogens is 1. The van der Waals surface area contributed by atoms with Crippen molar-refractivity contribution in [3.8, 4) is 11.3 Å². The summed E-state index contributed by atoms with van der Waals surface area (Å²) < 4.78 is 6.89. The van der Waals surface area contributed by atoms with Crippen molar-refractivity contribution in [1.29, 1.82) is 0 Å². The minimum absolute atomic E-state index is 0.427. The van der Waals surface area contributed by atoms with Gasteiger partial charge in [-0.2, -0.15) is 0 Å². The van der Waals surface area contributed by atoms with Crippen molar-refractivity contribution in [2.75, 3.05) is 13.1 Å². The molecule has 88 valence electrons. The van der Waals surface area contributed by atoms with Crippen molar-refractivity contribution in [2.24, 2.45) is 0 Å². The third kappa shape index (κ3) is 2.28. The van der Waals surface area contributed by atoms with Crippen LogP contribution < -0.4 is 5.32 Å². The lowest BCUT2D eigenvalue weighted by atomic mass is 10.1. The fourth-order valence-electron chi connectivity index (χ4n) is 2.12. The number of nitrogens with one attached hydrogen (secondary N) is 1. The van der Waals surface area contributed by atoms with Gasteiger partial charge in [-0.3, -0.25) is 0 Å². The van der Waals surface area contributed by atoms with Crippen molar-refractivity contribution in [3.63, 3.8) is 0 Å². The molecule has 1 N–H and O–H groups in total.